The summed E-state index contributed by atoms with van der Waals surface area (Å²) in [6, 6.07) is 21.6. The Labute approximate surface area is 208 Å². The molecule has 1 aliphatic heterocycles. The quantitative estimate of drug-likeness (QED) is 0.317. The highest BCUT2D eigenvalue weighted by Gasteiger charge is 2.45. The molecule has 1 heterocycles. The molecule has 0 aliphatic carbocycles. The average Bonchev–Trinajstić information content (AvgIpc) is 2.92. The third-order valence-electron chi connectivity index (χ3n) is 6.04. The predicted octanol–water partition coefficient (Wildman–Crippen LogP) is 1.47. The second-order valence-corrected chi connectivity index (χ2v) is 8.39. The lowest BCUT2D eigenvalue weighted by Crippen LogP contribution is -2.60. The van der Waals surface area contributed by atoms with Crippen LogP contribution in [-0.4, -0.2) is 70.8 Å². The van der Waals surface area contributed by atoms with E-state index in [0.29, 0.717) is 11.3 Å². The van der Waals surface area contributed by atoms with Crippen LogP contribution in [0.5, 0.6) is 11.5 Å². The fourth-order valence-electron chi connectivity index (χ4n) is 4.03. The molecule has 0 aromatic heterocycles. The number of hydrogen-bond acceptors (Lipinski definition) is 8. The van der Waals surface area contributed by atoms with Crippen LogP contribution in [-0.2, 0) is 11.3 Å². The van der Waals surface area contributed by atoms with Gasteiger partial charge in [0.15, 0.2) is 0 Å². The molecule has 0 unspecified atom stereocenters. The molecule has 3 aromatic rings. The normalized spacial score (nSPS) is 23.6. The number of carbonyl (C=O) groups is 1. The van der Waals surface area contributed by atoms with Crippen LogP contribution in [0.2, 0.25) is 0 Å². The van der Waals surface area contributed by atoms with E-state index >= 15 is 0 Å². The van der Waals surface area contributed by atoms with E-state index in [-0.39, 0.29) is 17.9 Å². The van der Waals surface area contributed by atoms with E-state index in [1.54, 1.807) is 37.4 Å². The number of nitrogens with one attached hydrogen (secondary N) is 1. The number of aliphatic hydroxyl groups is 4. The van der Waals surface area contributed by atoms with E-state index < -0.39 is 43.2 Å². The molecule has 36 heavy (non-hydrogen) atoms. The summed E-state index contributed by atoms with van der Waals surface area (Å²) in [4.78, 5) is 13.5. The van der Waals surface area contributed by atoms with E-state index in [2.05, 4.69) is 5.32 Å². The number of hydrogen-bond donors (Lipinski definition) is 5. The van der Waals surface area contributed by atoms with Gasteiger partial charge < -0.3 is 40.0 Å². The zero-order valence-electron chi connectivity index (χ0n) is 19.7. The highest BCUT2D eigenvalue weighted by molar-refractivity contribution is 6.03. The maximum Gasteiger partial charge on any atom is 0.255 e. The average molecular weight is 496 g/mol. The lowest BCUT2D eigenvalue weighted by Gasteiger charge is -2.39. The molecule has 9 nitrogen and oxygen atoms in total. The Kier molecular flexibility index (Phi) is 8.19. The molecule has 0 saturated carbocycles. The Balaban J connectivity index is 1.64. The summed E-state index contributed by atoms with van der Waals surface area (Å²) in [6.45, 7) is -0.352. The van der Waals surface area contributed by atoms with E-state index in [9.17, 15) is 25.2 Å². The van der Waals surface area contributed by atoms with E-state index in [1.807, 2.05) is 42.5 Å². The minimum atomic E-state index is -1.61. The van der Waals surface area contributed by atoms with Gasteiger partial charge in [-0.1, -0.05) is 54.6 Å². The van der Waals surface area contributed by atoms with Crippen LogP contribution >= 0.6 is 0 Å². The van der Waals surface area contributed by atoms with Gasteiger partial charge in [-0.3, -0.25) is 4.79 Å². The summed E-state index contributed by atoms with van der Waals surface area (Å²) in [7, 11) is 1.58. The maximum atomic E-state index is 13.5. The maximum absolute atomic E-state index is 13.5. The number of benzene rings is 3. The zero-order chi connectivity index (χ0) is 25.7. The summed E-state index contributed by atoms with van der Waals surface area (Å²) >= 11 is 0. The van der Waals surface area contributed by atoms with Crippen molar-refractivity contribution in [1.82, 2.24) is 5.32 Å². The third kappa shape index (κ3) is 5.51. The van der Waals surface area contributed by atoms with Gasteiger partial charge in [0, 0.05) is 6.54 Å². The lowest BCUT2D eigenvalue weighted by atomic mass is 9.97. The minimum absolute atomic E-state index is 0.105. The van der Waals surface area contributed by atoms with Gasteiger partial charge in [0.1, 0.15) is 35.9 Å². The Bertz CT molecular complexity index is 1150. The van der Waals surface area contributed by atoms with Crippen molar-refractivity contribution in [3.8, 4) is 22.6 Å². The number of methoxy groups -OCH3 is 1. The number of rotatable bonds is 8. The zero-order valence-corrected chi connectivity index (χ0v) is 19.7. The summed E-state index contributed by atoms with van der Waals surface area (Å²) in [5.74, 6) is 0.382. The Morgan fingerprint density at radius 2 is 1.64 bits per heavy atom. The van der Waals surface area contributed by atoms with E-state index in [1.165, 1.54) is 0 Å². The second-order valence-electron chi connectivity index (χ2n) is 8.39. The Morgan fingerprint density at radius 1 is 0.917 bits per heavy atom. The molecule has 1 amide bonds. The fourth-order valence-corrected chi connectivity index (χ4v) is 4.03. The Hall–Kier alpha value is -3.47. The number of amides is 1. The molecule has 1 fully saturated rings. The summed E-state index contributed by atoms with van der Waals surface area (Å²) < 4.78 is 16.5. The molecule has 5 N–H and O–H groups in total. The second kappa shape index (κ2) is 11.5. The van der Waals surface area contributed by atoms with Crippen molar-refractivity contribution in [3.05, 3.63) is 83.9 Å². The standard InChI is InChI=1S/C27H29NO8/c1-34-18-12-10-16(11-13-18)14-28-26(33)22-19(17-6-3-2-4-7-17)8-5-9-20(22)35-27-25(32)24(31)23(30)21(15-29)36-27/h2-13,21,23-25,27,29-32H,14-15H2,1H3,(H,28,33)/t21-,23-,24+,25-,27-/m1/s1. The van der Waals surface area contributed by atoms with Crippen LogP contribution < -0.4 is 14.8 Å². The first-order chi connectivity index (χ1) is 17.4. The van der Waals surface area contributed by atoms with Crippen molar-refractivity contribution >= 4 is 5.91 Å². The molecule has 0 bridgehead atoms. The highest BCUT2D eigenvalue weighted by atomic mass is 16.7. The van der Waals surface area contributed by atoms with Crippen LogP contribution in [0.3, 0.4) is 0 Å². The van der Waals surface area contributed by atoms with Crippen molar-refractivity contribution in [2.45, 2.75) is 37.3 Å². The first-order valence-corrected chi connectivity index (χ1v) is 11.5. The van der Waals surface area contributed by atoms with Crippen molar-refractivity contribution < 1.29 is 39.4 Å². The molecular formula is C27H29NO8. The summed E-state index contributed by atoms with van der Waals surface area (Å²) in [6.07, 6.45) is -7.31. The monoisotopic (exact) mass is 495 g/mol. The largest absolute Gasteiger partial charge is 0.497 e. The van der Waals surface area contributed by atoms with Crippen LogP contribution in [0.25, 0.3) is 11.1 Å². The minimum Gasteiger partial charge on any atom is -0.497 e. The van der Waals surface area contributed by atoms with Crippen LogP contribution in [0, 0.1) is 0 Å². The van der Waals surface area contributed by atoms with Gasteiger partial charge in [0.2, 0.25) is 6.29 Å². The number of aliphatic hydroxyl groups excluding tert-OH is 4. The van der Waals surface area contributed by atoms with E-state index in [0.717, 1.165) is 11.1 Å². The van der Waals surface area contributed by atoms with Gasteiger partial charge in [-0.2, -0.15) is 0 Å². The predicted molar refractivity (Wildman–Crippen MR) is 130 cm³/mol. The van der Waals surface area contributed by atoms with Gasteiger partial charge in [-0.25, -0.2) is 0 Å². The number of carbonyl (C=O) groups excluding carboxylic acids is 1. The third-order valence-corrected chi connectivity index (χ3v) is 6.04. The fraction of sp³-hybridized carbons (Fsp3) is 0.296. The van der Waals surface area contributed by atoms with Crippen LogP contribution in [0.4, 0.5) is 0 Å². The molecule has 9 heteroatoms. The molecule has 5 atom stereocenters. The van der Waals surface area contributed by atoms with Gasteiger partial charge in [0.05, 0.1) is 19.3 Å². The molecule has 1 saturated heterocycles. The van der Waals surface area contributed by atoms with Crippen molar-refractivity contribution in [3.63, 3.8) is 0 Å². The molecule has 0 spiro atoms. The molecule has 190 valence electrons. The van der Waals surface area contributed by atoms with Gasteiger partial charge in [-0.15, -0.1) is 0 Å². The molecule has 4 rings (SSSR count). The van der Waals surface area contributed by atoms with Gasteiger partial charge >= 0.3 is 0 Å². The van der Waals surface area contributed by atoms with E-state index in [4.69, 9.17) is 14.2 Å². The SMILES string of the molecule is COc1ccc(CNC(=O)c2c(O[C@@H]3O[C@H](CO)[C@@H](O)[C@H](O)[C@H]3O)cccc2-c2ccccc2)cc1. The topological polar surface area (TPSA) is 138 Å². The highest BCUT2D eigenvalue weighted by Crippen LogP contribution is 2.33. The first-order valence-electron chi connectivity index (χ1n) is 11.5. The van der Waals surface area contributed by atoms with Crippen LogP contribution in [0.1, 0.15) is 15.9 Å². The van der Waals surface area contributed by atoms with Gasteiger partial charge in [-0.05, 0) is 34.9 Å². The van der Waals surface area contributed by atoms with Crippen LogP contribution in [0.15, 0.2) is 72.8 Å². The van der Waals surface area contributed by atoms with Gasteiger partial charge in [0.25, 0.3) is 5.91 Å². The molecule has 0 radical (unpaired) electrons. The summed E-state index contributed by atoms with van der Waals surface area (Å²) in [5, 5.41) is 43.0. The van der Waals surface area contributed by atoms with Crippen molar-refractivity contribution in [2.24, 2.45) is 0 Å². The summed E-state index contributed by atoms with van der Waals surface area (Å²) in [5.41, 5.74) is 2.42. The smallest absolute Gasteiger partial charge is 0.255 e. The molecular weight excluding hydrogens is 466 g/mol. The van der Waals surface area contributed by atoms with Crippen molar-refractivity contribution in [2.75, 3.05) is 13.7 Å². The Morgan fingerprint density at radius 3 is 2.31 bits per heavy atom. The first kappa shape index (κ1) is 25.6. The number of ether oxygens (including phenoxy) is 3. The molecule has 1 aliphatic rings. The van der Waals surface area contributed by atoms with Crippen molar-refractivity contribution in [1.29, 1.82) is 0 Å². The molecule has 3 aromatic carbocycles. The lowest BCUT2D eigenvalue weighted by molar-refractivity contribution is -0.277.